The molecule has 0 fully saturated rings. The Morgan fingerprint density at radius 3 is 2.95 bits per heavy atom. The molecule has 0 bridgehead atoms. The van der Waals surface area contributed by atoms with Gasteiger partial charge in [0.15, 0.2) is 11.4 Å². The number of fused-ring (bicyclic) bond motifs is 3. The maximum absolute atomic E-state index is 11.7. The summed E-state index contributed by atoms with van der Waals surface area (Å²) in [6.45, 7) is 0.0304. The van der Waals surface area contributed by atoms with Crippen LogP contribution in [0.5, 0.6) is 5.75 Å². The second-order valence-corrected chi connectivity index (χ2v) is 4.15. The highest BCUT2D eigenvalue weighted by Crippen LogP contribution is 2.34. The molecular formula is C13H10N2O5. The van der Waals surface area contributed by atoms with Gasteiger partial charge in [-0.25, -0.2) is 14.6 Å². The van der Waals surface area contributed by atoms with Crippen LogP contribution >= 0.6 is 0 Å². The van der Waals surface area contributed by atoms with E-state index in [4.69, 9.17) is 14.6 Å². The van der Waals surface area contributed by atoms with Crippen LogP contribution in [0, 0.1) is 0 Å². The number of carboxylic acids is 1. The second-order valence-electron chi connectivity index (χ2n) is 4.15. The lowest BCUT2D eigenvalue weighted by molar-refractivity contribution is 0.0592. The molecule has 7 heteroatoms. The third kappa shape index (κ3) is 1.63. The van der Waals surface area contributed by atoms with Crippen molar-refractivity contribution in [2.45, 2.75) is 6.61 Å². The molecule has 0 unspecified atom stereocenters. The van der Waals surface area contributed by atoms with E-state index in [0.717, 1.165) is 0 Å². The van der Waals surface area contributed by atoms with Gasteiger partial charge in [0.1, 0.15) is 18.5 Å². The number of hydrogen-bond donors (Lipinski definition) is 1. The van der Waals surface area contributed by atoms with Gasteiger partial charge in [0.2, 0.25) is 0 Å². The zero-order valence-corrected chi connectivity index (χ0v) is 10.5. The fourth-order valence-electron chi connectivity index (χ4n) is 2.18. The Kier molecular flexibility index (Phi) is 2.67. The molecule has 102 valence electrons. The highest BCUT2D eigenvalue weighted by atomic mass is 16.5. The molecule has 0 spiro atoms. The summed E-state index contributed by atoms with van der Waals surface area (Å²) in [7, 11) is 1.29. The van der Waals surface area contributed by atoms with Gasteiger partial charge in [-0.1, -0.05) is 6.07 Å². The highest BCUT2D eigenvalue weighted by Gasteiger charge is 2.27. The average Bonchev–Trinajstić information content (AvgIpc) is 2.90. The fourth-order valence-corrected chi connectivity index (χ4v) is 2.18. The first-order valence-corrected chi connectivity index (χ1v) is 5.77. The van der Waals surface area contributed by atoms with Crippen molar-refractivity contribution in [1.29, 1.82) is 0 Å². The van der Waals surface area contributed by atoms with E-state index < -0.39 is 11.9 Å². The van der Waals surface area contributed by atoms with E-state index >= 15 is 0 Å². The van der Waals surface area contributed by atoms with E-state index in [9.17, 15) is 9.59 Å². The number of para-hydroxylation sites is 1. The SMILES string of the molecule is COC(=O)c1cccc2c1OCc1c(C(=O)O)ncn1-2. The van der Waals surface area contributed by atoms with Crippen molar-refractivity contribution < 1.29 is 24.2 Å². The monoisotopic (exact) mass is 274 g/mol. The summed E-state index contributed by atoms with van der Waals surface area (Å²) in [5, 5.41) is 9.05. The normalized spacial score (nSPS) is 12.1. The second kappa shape index (κ2) is 4.37. The Balaban J connectivity index is 2.19. The number of carbonyl (C=O) groups is 2. The molecule has 0 saturated heterocycles. The lowest BCUT2D eigenvalue weighted by atomic mass is 10.1. The van der Waals surface area contributed by atoms with Crippen molar-refractivity contribution >= 4 is 11.9 Å². The van der Waals surface area contributed by atoms with Crippen LogP contribution in [0.3, 0.4) is 0 Å². The molecule has 1 N–H and O–H groups in total. The van der Waals surface area contributed by atoms with Crippen molar-refractivity contribution in [3.8, 4) is 11.4 Å². The van der Waals surface area contributed by atoms with Crippen LogP contribution in [0.15, 0.2) is 24.5 Å². The maximum atomic E-state index is 11.7. The predicted octanol–water partition coefficient (Wildman–Crippen LogP) is 1.25. The molecule has 7 nitrogen and oxygen atoms in total. The maximum Gasteiger partial charge on any atom is 0.356 e. The van der Waals surface area contributed by atoms with Crippen LogP contribution in [0.25, 0.3) is 5.69 Å². The summed E-state index contributed by atoms with van der Waals surface area (Å²) in [6.07, 6.45) is 1.40. The minimum absolute atomic E-state index is 0.0304. The quantitative estimate of drug-likeness (QED) is 0.829. The first-order valence-electron chi connectivity index (χ1n) is 5.77. The third-order valence-corrected chi connectivity index (χ3v) is 3.08. The van der Waals surface area contributed by atoms with Crippen LogP contribution in [-0.4, -0.2) is 33.7 Å². The van der Waals surface area contributed by atoms with E-state index in [1.807, 2.05) is 0 Å². The van der Waals surface area contributed by atoms with Crippen molar-refractivity contribution in [3.05, 3.63) is 41.5 Å². The molecule has 2 aromatic rings. The number of carboxylic acid groups (broad SMARTS) is 1. The zero-order valence-electron chi connectivity index (χ0n) is 10.5. The molecule has 3 rings (SSSR count). The number of hydrogen-bond acceptors (Lipinski definition) is 5. The molecule has 1 aromatic carbocycles. The minimum Gasteiger partial charge on any atom is -0.484 e. The topological polar surface area (TPSA) is 90.7 Å². The van der Waals surface area contributed by atoms with Gasteiger partial charge in [-0.3, -0.25) is 4.57 Å². The first kappa shape index (κ1) is 12.2. The average molecular weight is 274 g/mol. The van der Waals surface area contributed by atoms with E-state index in [1.165, 1.54) is 13.4 Å². The summed E-state index contributed by atoms with van der Waals surface area (Å²) < 4.78 is 11.8. The van der Waals surface area contributed by atoms with Crippen LogP contribution in [0.2, 0.25) is 0 Å². The van der Waals surface area contributed by atoms with Crippen molar-refractivity contribution in [2.75, 3.05) is 7.11 Å². The molecule has 1 aliphatic heterocycles. The Labute approximate surface area is 113 Å². The van der Waals surface area contributed by atoms with Gasteiger partial charge in [-0.15, -0.1) is 0 Å². The van der Waals surface area contributed by atoms with E-state index in [1.54, 1.807) is 22.8 Å². The van der Waals surface area contributed by atoms with Crippen LogP contribution in [0.1, 0.15) is 26.5 Å². The summed E-state index contributed by atoms with van der Waals surface area (Å²) >= 11 is 0. The van der Waals surface area contributed by atoms with Crippen molar-refractivity contribution in [3.63, 3.8) is 0 Å². The number of methoxy groups -OCH3 is 1. The van der Waals surface area contributed by atoms with Crippen molar-refractivity contribution in [1.82, 2.24) is 9.55 Å². The van der Waals surface area contributed by atoms with Crippen LogP contribution in [-0.2, 0) is 11.3 Å². The number of imidazole rings is 1. The molecule has 0 saturated carbocycles. The predicted molar refractivity (Wildman–Crippen MR) is 66.2 cm³/mol. The van der Waals surface area contributed by atoms with E-state index in [0.29, 0.717) is 22.7 Å². The number of ether oxygens (including phenoxy) is 2. The van der Waals surface area contributed by atoms with Gasteiger partial charge in [-0.05, 0) is 12.1 Å². The number of carbonyl (C=O) groups excluding carboxylic acids is 1. The first-order chi connectivity index (χ1) is 9.63. The largest absolute Gasteiger partial charge is 0.484 e. The summed E-state index contributed by atoms with van der Waals surface area (Å²) in [5.41, 5.74) is 1.24. The molecule has 0 atom stereocenters. The molecule has 1 aromatic heterocycles. The van der Waals surface area contributed by atoms with Gasteiger partial charge in [-0.2, -0.15) is 0 Å². The van der Waals surface area contributed by atoms with Crippen molar-refractivity contribution in [2.24, 2.45) is 0 Å². The van der Waals surface area contributed by atoms with Crippen LogP contribution in [0.4, 0.5) is 0 Å². The van der Waals surface area contributed by atoms with E-state index in [-0.39, 0.29) is 12.3 Å². The summed E-state index contributed by atoms with van der Waals surface area (Å²) in [4.78, 5) is 26.6. The Bertz CT molecular complexity index is 720. The lowest BCUT2D eigenvalue weighted by Gasteiger charge is -2.21. The molecule has 0 radical (unpaired) electrons. The molecule has 0 aliphatic carbocycles. The Morgan fingerprint density at radius 1 is 1.45 bits per heavy atom. The number of aromatic nitrogens is 2. The van der Waals surface area contributed by atoms with E-state index in [2.05, 4.69) is 4.98 Å². The molecule has 2 heterocycles. The van der Waals surface area contributed by atoms with Gasteiger partial charge in [0.25, 0.3) is 0 Å². The smallest absolute Gasteiger partial charge is 0.356 e. The minimum atomic E-state index is -1.12. The zero-order chi connectivity index (χ0) is 14.3. The number of rotatable bonds is 2. The number of benzene rings is 1. The number of nitrogens with zero attached hydrogens (tertiary/aromatic N) is 2. The van der Waals surface area contributed by atoms with Gasteiger partial charge in [0.05, 0.1) is 18.5 Å². The molecule has 0 amide bonds. The summed E-state index contributed by atoms with van der Waals surface area (Å²) in [5.74, 6) is -1.26. The highest BCUT2D eigenvalue weighted by molar-refractivity contribution is 5.94. The third-order valence-electron chi connectivity index (χ3n) is 3.08. The number of aromatic carboxylic acids is 1. The summed E-state index contributed by atoms with van der Waals surface area (Å²) in [6, 6.07) is 4.98. The lowest BCUT2D eigenvalue weighted by Crippen LogP contribution is -2.17. The van der Waals surface area contributed by atoms with Crippen LogP contribution < -0.4 is 4.74 Å². The van der Waals surface area contributed by atoms with Gasteiger partial charge < -0.3 is 14.6 Å². The molecule has 20 heavy (non-hydrogen) atoms. The number of esters is 1. The molecular weight excluding hydrogens is 264 g/mol. The Hall–Kier alpha value is -2.83. The standard InChI is InChI=1S/C13H10N2O5/c1-19-13(18)7-3-2-4-8-11(7)20-5-9-10(12(16)17)14-6-15(8)9/h2-4,6H,5H2,1H3,(H,16,17). The fraction of sp³-hybridized carbons (Fsp3) is 0.154. The van der Waals surface area contributed by atoms with Gasteiger partial charge >= 0.3 is 11.9 Å². The van der Waals surface area contributed by atoms with Gasteiger partial charge in [0, 0.05) is 0 Å². The Morgan fingerprint density at radius 2 is 2.25 bits per heavy atom. The molecule has 1 aliphatic rings.